The maximum atomic E-state index is 12.0. The molecule has 4 heteroatoms. The van der Waals surface area contributed by atoms with Crippen LogP contribution >= 0.6 is 0 Å². The molecule has 0 saturated carbocycles. The Balaban J connectivity index is 2.46. The molecule has 0 spiro atoms. The number of hydrogen-bond acceptors (Lipinski definition) is 2. The summed E-state index contributed by atoms with van der Waals surface area (Å²) in [6.07, 6.45) is 3.58. The van der Waals surface area contributed by atoms with Crippen molar-refractivity contribution in [1.82, 2.24) is 10.3 Å². The molecule has 1 aromatic rings. The zero-order chi connectivity index (χ0) is 15.3. The van der Waals surface area contributed by atoms with Gasteiger partial charge in [0.25, 0.3) is 5.91 Å². The molecule has 0 bridgehead atoms. The van der Waals surface area contributed by atoms with Gasteiger partial charge in [-0.15, -0.1) is 0 Å². The minimum atomic E-state index is -0.183. The van der Waals surface area contributed by atoms with Crippen LogP contribution in [0.4, 0.5) is 0 Å². The molecule has 1 atom stereocenters. The van der Waals surface area contributed by atoms with Crippen LogP contribution in [-0.4, -0.2) is 17.4 Å². The van der Waals surface area contributed by atoms with E-state index in [4.69, 9.17) is 0 Å². The summed E-state index contributed by atoms with van der Waals surface area (Å²) in [6, 6.07) is 1.44. The Morgan fingerprint density at radius 1 is 1.40 bits per heavy atom. The normalized spacial score (nSPS) is 13.1. The number of aromatic nitrogens is 1. The molecule has 1 unspecified atom stereocenters. The highest BCUT2D eigenvalue weighted by Crippen LogP contribution is 2.25. The standard InChI is InChI=1S/C16H26N2O2/c1-11(9-16(3,4)5)6-7-17-15(20)13-10-18-14(19)8-12(13)2/h8,10-11H,6-7,9H2,1-5H3,(H,17,20)(H,18,19). The summed E-state index contributed by atoms with van der Waals surface area (Å²) in [5.74, 6) is 0.452. The van der Waals surface area contributed by atoms with Crippen molar-refractivity contribution in [3.63, 3.8) is 0 Å². The van der Waals surface area contributed by atoms with Crippen molar-refractivity contribution in [2.75, 3.05) is 6.54 Å². The van der Waals surface area contributed by atoms with Gasteiger partial charge < -0.3 is 10.3 Å². The van der Waals surface area contributed by atoms with Gasteiger partial charge in [-0.1, -0.05) is 27.7 Å². The van der Waals surface area contributed by atoms with Crippen molar-refractivity contribution in [2.24, 2.45) is 11.3 Å². The smallest absolute Gasteiger partial charge is 0.253 e. The van der Waals surface area contributed by atoms with Crippen LogP contribution in [0.1, 0.15) is 56.5 Å². The van der Waals surface area contributed by atoms with Gasteiger partial charge in [-0.2, -0.15) is 0 Å². The van der Waals surface area contributed by atoms with E-state index in [1.165, 1.54) is 12.3 Å². The number of aromatic amines is 1. The zero-order valence-corrected chi connectivity index (χ0v) is 13.2. The second-order valence-electron chi connectivity index (χ2n) is 6.81. The number of rotatable bonds is 5. The van der Waals surface area contributed by atoms with Crippen LogP contribution in [0.3, 0.4) is 0 Å². The number of pyridine rings is 1. The Labute approximate surface area is 121 Å². The summed E-state index contributed by atoms with van der Waals surface area (Å²) in [6.45, 7) is 11.3. The fraction of sp³-hybridized carbons (Fsp3) is 0.625. The van der Waals surface area contributed by atoms with Crippen LogP contribution in [0.15, 0.2) is 17.1 Å². The fourth-order valence-electron chi connectivity index (χ4n) is 2.49. The van der Waals surface area contributed by atoms with E-state index in [0.29, 0.717) is 29.0 Å². The summed E-state index contributed by atoms with van der Waals surface area (Å²) >= 11 is 0. The summed E-state index contributed by atoms with van der Waals surface area (Å²) in [5, 5.41) is 2.91. The molecule has 4 nitrogen and oxygen atoms in total. The first-order valence-electron chi connectivity index (χ1n) is 7.16. The Morgan fingerprint density at radius 3 is 2.60 bits per heavy atom. The summed E-state index contributed by atoms with van der Waals surface area (Å²) in [5.41, 5.74) is 1.37. The molecule has 1 heterocycles. The van der Waals surface area contributed by atoms with E-state index < -0.39 is 0 Å². The van der Waals surface area contributed by atoms with E-state index in [-0.39, 0.29) is 11.5 Å². The minimum Gasteiger partial charge on any atom is -0.352 e. The lowest BCUT2D eigenvalue weighted by atomic mass is 9.84. The average molecular weight is 278 g/mol. The third kappa shape index (κ3) is 5.59. The Bertz CT molecular complexity index is 512. The lowest BCUT2D eigenvalue weighted by Gasteiger charge is -2.23. The Kier molecular flexibility index (Phi) is 5.54. The maximum absolute atomic E-state index is 12.0. The summed E-state index contributed by atoms with van der Waals surface area (Å²) < 4.78 is 0. The Hall–Kier alpha value is -1.58. The highest BCUT2D eigenvalue weighted by molar-refractivity contribution is 5.95. The van der Waals surface area contributed by atoms with Gasteiger partial charge in [-0.05, 0) is 36.7 Å². The van der Waals surface area contributed by atoms with Gasteiger partial charge in [-0.3, -0.25) is 9.59 Å². The van der Waals surface area contributed by atoms with Crippen LogP contribution in [0.2, 0.25) is 0 Å². The van der Waals surface area contributed by atoms with E-state index in [9.17, 15) is 9.59 Å². The van der Waals surface area contributed by atoms with E-state index in [1.54, 1.807) is 6.92 Å². The lowest BCUT2D eigenvalue weighted by molar-refractivity contribution is 0.0950. The van der Waals surface area contributed by atoms with Crippen molar-refractivity contribution in [1.29, 1.82) is 0 Å². The number of carbonyl (C=O) groups is 1. The van der Waals surface area contributed by atoms with Gasteiger partial charge in [0.05, 0.1) is 5.56 Å². The molecule has 1 rings (SSSR count). The predicted molar refractivity (Wildman–Crippen MR) is 82.0 cm³/mol. The molecule has 0 aliphatic heterocycles. The largest absolute Gasteiger partial charge is 0.352 e. The molecule has 0 aliphatic carbocycles. The monoisotopic (exact) mass is 278 g/mol. The first kappa shape index (κ1) is 16.5. The number of aryl methyl sites for hydroxylation is 1. The van der Waals surface area contributed by atoms with Crippen LogP contribution in [-0.2, 0) is 0 Å². The quantitative estimate of drug-likeness (QED) is 0.870. The SMILES string of the molecule is Cc1cc(=O)[nH]cc1C(=O)NCCC(C)CC(C)(C)C. The molecule has 0 aromatic carbocycles. The molecule has 1 amide bonds. The second-order valence-corrected chi connectivity index (χ2v) is 6.81. The molecule has 2 N–H and O–H groups in total. The average Bonchev–Trinajstić information content (AvgIpc) is 2.25. The van der Waals surface area contributed by atoms with Crippen LogP contribution in [0.25, 0.3) is 0 Å². The first-order valence-corrected chi connectivity index (χ1v) is 7.16. The third-order valence-electron chi connectivity index (χ3n) is 3.26. The van der Waals surface area contributed by atoms with Gasteiger partial charge >= 0.3 is 0 Å². The van der Waals surface area contributed by atoms with E-state index in [2.05, 4.69) is 38.0 Å². The number of carbonyl (C=O) groups excluding carboxylic acids is 1. The fourth-order valence-corrected chi connectivity index (χ4v) is 2.49. The molecule has 1 aromatic heterocycles. The maximum Gasteiger partial charge on any atom is 0.253 e. The van der Waals surface area contributed by atoms with E-state index >= 15 is 0 Å². The van der Waals surface area contributed by atoms with Gasteiger partial charge in [0.15, 0.2) is 0 Å². The Morgan fingerprint density at radius 2 is 2.05 bits per heavy atom. The van der Waals surface area contributed by atoms with Gasteiger partial charge in [0, 0.05) is 18.8 Å². The van der Waals surface area contributed by atoms with Crippen LogP contribution in [0, 0.1) is 18.3 Å². The van der Waals surface area contributed by atoms with Crippen molar-refractivity contribution in [3.05, 3.63) is 33.7 Å². The van der Waals surface area contributed by atoms with Crippen molar-refractivity contribution >= 4 is 5.91 Å². The molecule has 0 aliphatic rings. The number of nitrogens with one attached hydrogen (secondary N) is 2. The number of H-pyrrole nitrogens is 1. The summed E-state index contributed by atoms with van der Waals surface area (Å²) in [4.78, 5) is 25.7. The van der Waals surface area contributed by atoms with Crippen molar-refractivity contribution in [3.8, 4) is 0 Å². The van der Waals surface area contributed by atoms with Crippen LogP contribution in [0.5, 0.6) is 0 Å². The molecule has 0 fully saturated rings. The molecule has 20 heavy (non-hydrogen) atoms. The van der Waals surface area contributed by atoms with Gasteiger partial charge in [-0.25, -0.2) is 0 Å². The summed E-state index contributed by atoms with van der Waals surface area (Å²) in [7, 11) is 0. The molecular weight excluding hydrogens is 252 g/mol. The number of hydrogen-bond donors (Lipinski definition) is 2. The lowest BCUT2D eigenvalue weighted by Crippen LogP contribution is -2.27. The predicted octanol–water partition coefficient (Wildman–Crippen LogP) is 2.88. The van der Waals surface area contributed by atoms with Gasteiger partial charge in [0.1, 0.15) is 0 Å². The molecule has 112 valence electrons. The highest BCUT2D eigenvalue weighted by atomic mass is 16.1. The van der Waals surface area contributed by atoms with Crippen LogP contribution < -0.4 is 10.9 Å². The molecular formula is C16H26N2O2. The highest BCUT2D eigenvalue weighted by Gasteiger charge is 2.15. The van der Waals surface area contributed by atoms with Gasteiger partial charge in [0.2, 0.25) is 5.56 Å². The molecule has 0 radical (unpaired) electrons. The number of amides is 1. The molecule has 0 saturated heterocycles. The first-order chi connectivity index (χ1) is 9.19. The zero-order valence-electron chi connectivity index (χ0n) is 13.2. The van der Waals surface area contributed by atoms with E-state index in [1.807, 2.05) is 0 Å². The second kappa shape index (κ2) is 6.73. The van der Waals surface area contributed by atoms with Crippen molar-refractivity contribution in [2.45, 2.75) is 47.5 Å². The minimum absolute atomic E-state index is 0.123. The third-order valence-corrected chi connectivity index (χ3v) is 3.26. The topological polar surface area (TPSA) is 62.0 Å². The van der Waals surface area contributed by atoms with Crippen molar-refractivity contribution < 1.29 is 4.79 Å². The van der Waals surface area contributed by atoms with E-state index in [0.717, 1.165) is 12.8 Å².